The Morgan fingerprint density at radius 1 is 1.00 bits per heavy atom. The first-order chi connectivity index (χ1) is 16.4. The highest BCUT2D eigenvalue weighted by molar-refractivity contribution is 9.10. The fraction of sp³-hybridized carbons (Fsp3) is 0.0833. The number of ether oxygens (including phenoxy) is 2. The average molecular weight is 545 g/mol. The molecular weight excluding hydrogens is 526 g/mol. The van der Waals surface area contributed by atoms with E-state index in [9.17, 15) is 14.4 Å². The van der Waals surface area contributed by atoms with Crippen molar-refractivity contribution >= 4 is 51.5 Å². The molecule has 3 aromatic carbocycles. The Hall–Kier alpha value is -3.69. The lowest BCUT2D eigenvalue weighted by atomic mass is 10.2. The van der Waals surface area contributed by atoms with E-state index in [1.165, 1.54) is 13.3 Å². The summed E-state index contributed by atoms with van der Waals surface area (Å²) in [7, 11) is 1.44. The van der Waals surface area contributed by atoms with E-state index in [2.05, 4.69) is 31.8 Å². The number of amides is 2. The second-order valence-corrected chi connectivity index (χ2v) is 8.15. The third-order valence-corrected chi connectivity index (χ3v) is 5.11. The van der Waals surface area contributed by atoms with Gasteiger partial charge in [-0.1, -0.05) is 33.6 Å². The number of carbonyl (C=O) groups is 3. The van der Waals surface area contributed by atoms with E-state index in [-0.39, 0.29) is 12.3 Å². The maximum Gasteiger partial charge on any atom is 0.343 e. The normalized spacial score (nSPS) is 10.6. The van der Waals surface area contributed by atoms with Crippen LogP contribution in [-0.4, -0.2) is 37.7 Å². The van der Waals surface area contributed by atoms with Crippen LogP contribution in [0.4, 0.5) is 0 Å². The van der Waals surface area contributed by atoms with Crippen LogP contribution >= 0.6 is 27.5 Å². The smallest absolute Gasteiger partial charge is 0.343 e. The Morgan fingerprint density at radius 2 is 1.76 bits per heavy atom. The highest BCUT2D eigenvalue weighted by atomic mass is 79.9. The van der Waals surface area contributed by atoms with Crippen LogP contribution in [-0.2, 0) is 4.79 Å². The Morgan fingerprint density at radius 3 is 2.47 bits per heavy atom. The summed E-state index contributed by atoms with van der Waals surface area (Å²) in [6, 6.07) is 17.9. The number of carbonyl (C=O) groups excluding carboxylic acids is 3. The minimum atomic E-state index is -0.533. The third kappa shape index (κ3) is 7.16. The van der Waals surface area contributed by atoms with Gasteiger partial charge in [-0.2, -0.15) is 5.10 Å². The quantitative estimate of drug-likeness (QED) is 0.191. The number of nitrogens with one attached hydrogen (secondary N) is 2. The Kier molecular flexibility index (Phi) is 8.78. The van der Waals surface area contributed by atoms with Gasteiger partial charge in [-0.25, -0.2) is 10.2 Å². The molecule has 174 valence electrons. The van der Waals surface area contributed by atoms with Gasteiger partial charge in [0.1, 0.15) is 0 Å². The second-order valence-electron chi connectivity index (χ2n) is 6.79. The van der Waals surface area contributed by atoms with Crippen molar-refractivity contribution in [3.63, 3.8) is 0 Å². The van der Waals surface area contributed by atoms with Gasteiger partial charge < -0.3 is 14.8 Å². The zero-order valence-electron chi connectivity index (χ0n) is 17.9. The molecular formula is C24H19BrClN3O5. The molecule has 0 bridgehead atoms. The Balaban J connectivity index is 1.54. The van der Waals surface area contributed by atoms with Crippen molar-refractivity contribution in [2.75, 3.05) is 13.7 Å². The fourth-order valence-corrected chi connectivity index (χ4v) is 3.23. The van der Waals surface area contributed by atoms with Gasteiger partial charge in [-0.05, 0) is 66.2 Å². The number of nitrogens with zero attached hydrogens (tertiary/aromatic N) is 1. The molecule has 0 atom stereocenters. The monoisotopic (exact) mass is 543 g/mol. The third-order valence-electron chi connectivity index (χ3n) is 4.37. The van der Waals surface area contributed by atoms with E-state index in [4.69, 9.17) is 21.1 Å². The molecule has 3 rings (SSSR count). The number of halogens is 2. The maximum absolute atomic E-state index is 12.4. The van der Waals surface area contributed by atoms with Crippen LogP contribution in [0.25, 0.3) is 0 Å². The van der Waals surface area contributed by atoms with E-state index >= 15 is 0 Å². The van der Waals surface area contributed by atoms with Crippen LogP contribution in [0.3, 0.4) is 0 Å². The first-order valence-corrected chi connectivity index (χ1v) is 11.0. The molecule has 0 radical (unpaired) electrons. The minimum absolute atomic E-state index is 0.235. The van der Waals surface area contributed by atoms with Gasteiger partial charge in [0.25, 0.3) is 11.8 Å². The van der Waals surface area contributed by atoms with E-state index in [0.29, 0.717) is 27.5 Å². The van der Waals surface area contributed by atoms with Crippen LogP contribution in [0.15, 0.2) is 76.3 Å². The van der Waals surface area contributed by atoms with E-state index < -0.39 is 17.8 Å². The van der Waals surface area contributed by atoms with Gasteiger partial charge in [0, 0.05) is 15.1 Å². The summed E-state index contributed by atoms with van der Waals surface area (Å²) in [4.78, 5) is 36.3. The second kappa shape index (κ2) is 12.0. The number of rotatable bonds is 8. The van der Waals surface area contributed by atoms with E-state index in [1.807, 2.05) is 0 Å². The van der Waals surface area contributed by atoms with Gasteiger partial charge in [0.2, 0.25) is 0 Å². The molecule has 10 heteroatoms. The first kappa shape index (κ1) is 24.9. The van der Waals surface area contributed by atoms with Gasteiger partial charge in [-0.15, -0.1) is 0 Å². The molecule has 0 saturated heterocycles. The molecule has 0 heterocycles. The summed E-state index contributed by atoms with van der Waals surface area (Å²) in [6.45, 7) is -0.257. The molecule has 0 saturated carbocycles. The molecule has 2 amide bonds. The molecule has 0 aliphatic rings. The predicted molar refractivity (Wildman–Crippen MR) is 132 cm³/mol. The van der Waals surface area contributed by atoms with Gasteiger partial charge in [0.05, 0.1) is 25.4 Å². The number of hydrazone groups is 1. The number of hydrogen-bond acceptors (Lipinski definition) is 6. The highest BCUT2D eigenvalue weighted by Gasteiger charge is 2.13. The average Bonchev–Trinajstić information content (AvgIpc) is 2.83. The standard InChI is InChI=1S/C24H19BrClN3O5/c1-33-21-11-15(5-10-20(21)34-24(32)17-3-2-4-18(25)12-17)13-28-29-22(30)14-27-23(31)16-6-8-19(26)9-7-16/h2-13H,14H2,1H3,(H,27,31)(H,29,30)/b28-13+. The zero-order valence-corrected chi connectivity index (χ0v) is 20.2. The number of methoxy groups -OCH3 is 1. The van der Waals surface area contributed by atoms with E-state index in [1.54, 1.807) is 66.7 Å². The van der Waals surface area contributed by atoms with Crippen LogP contribution in [0.5, 0.6) is 11.5 Å². The first-order valence-electron chi connectivity index (χ1n) is 9.87. The number of benzene rings is 3. The summed E-state index contributed by atoms with van der Waals surface area (Å²) < 4.78 is 11.5. The summed E-state index contributed by atoms with van der Waals surface area (Å²) in [6.07, 6.45) is 1.39. The molecule has 3 aromatic rings. The lowest BCUT2D eigenvalue weighted by molar-refractivity contribution is -0.120. The lowest BCUT2D eigenvalue weighted by Crippen LogP contribution is -2.34. The van der Waals surface area contributed by atoms with Crippen LogP contribution < -0.4 is 20.2 Å². The molecule has 0 aliphatic heterocycles. The van der Waals surface area contributed by atoms with Crippen molar-refractivity contribution < 1.29 is 23.9 Å². The molecule has 0 spiro atoms. The fourth-order valence-electron chi connectivity index (χ4n) is 2.71. The number of hydrogen-bond donors (Lipinski definition) is 2. The summed E-state index contributed by atoms with van der Waals surface area (Å²) >= 11 is 9.10. The molecule has 0 unspecified atom stereocenters. The molecule has 8 nitrogen and oxygen atoms in total. The van der Waals surface area contributed by atoms with Crippen molar-refractivity contribution in [3.05, 3.63) is 92.9 Å². The largest absolute Gasteiger partial charge is 0.493 e. The summed E-state index contributed by atoms with van der Waals surface area (Å²) in [5.41, 5.74) is 3.68. The highest BCUT2D eigenvalue weighted by Crippen LogP contribution is 2.28. The Bertz CT molecular complexity index is 1230. The maximum atomic E-state index is 12.4. The SMILES string of the molecule is COc1cc(/C=N/NC(=O)CNC(=O)c2ccc(Cl)cc2)ccc1OC(=O)c1cccc(Br)c1. The summed E-state index contributed by atoms with van der Waals surface area (Å²) in [5, 5.41) is 6.86. The van der Waals surface area contributed by atoms with Crippen molar-refractivity contribution in [3.8, 4) is 11.5 Å². The molecule has 0 aromatic heterocycles. The predicted octanol–water partition coefficient (Wildman–Crippen LogP) is 4.21. The Labute approximate surface area is 209 Å². The molecule has 0 aliphatic carbocycles. The van der Waals surface area contributed by atoms with Gasteiger partial charge in [-0.3, -0.25) is 9.59 Å². The van der Waals surface area contributed by atoms with Crippen molar-refractivity contribution in [1.82, 2.24) is 10.7 Å². The van der Waals surface area contributed by atoms with Crippen molar-refractivity contribution in [1.29, 1.82) is 0 Å². The van der Waals surface area contributed by atoms with Crippen LogP contribution in [0, 0.1) is 0 Å². The molecule has 34 heavy (non-hydrogen) atoms. The topological polar surface area (TPSA) is 106 Å². The zero-order chi connectivity index (χ0) is 24.5. The minimum Gasteiger partial charge on any atom is -0.493 e. The summed E-state index contributed by atoms with van der Waals surface area (Å²) in [5.74, 6) is -0.903. The lowest BCUT2D eigenvalue weighted by Gasteiger charge is -2.10. The van der Waals surface area contributed by atoms with E-state index in [0.717, 1.165) is 4.47 Å². The van der Waals surface area contributed by atoms with Crippen molar-refractivity contribution in [2.45, 2.75) is 0 Å². The van der Waals surface area contributed by atoms with Crippen LogP contribution in [0.1, 0.15) is 26.3 Å². The molecule has 2 N–H and O–H groups in total. The van der Waals surface area contributed by atoms with Gasteiger partial charge >= 0.3 is 5.97 Å². The van der Waals surface area contributed by atoms with Crippen molar-refractivity contribution in [2.24, 2.45) is 5.10 Å². The number of esters is 1. The molecule has 0 fully saturated rings. The van der Waals surface area contributed by atoms with Gasteiger partial charge in [0.15, 0.2) is 11.5 Å². The van der Waals surface area contributed by atoms with Crippen LogP contribution in [0.2, 0.25) is 5.02 Å².